The third-order valence-electron chi connectivity index (χ3n) is 3.56. The van der Waals surface area contributed by atoms with Gasteiger partial charge >= 0.3 is 0 Å². The maximum Gasteiger partial charge on any atom is 0.0991 e. The number of hydrogen-bond donors (Lipinski definition) is 0. The molecule has 1 nitrogen and oxygen atoms in total. The van der Waals surface area contributed by atoms with Crippen molar-refractivity contribution in [1.82, 2.24) is 0 Å². The summed E-state index contributed by atoms with van der Waals surface area (Å²) in [4.78, 5) is 0. The van der Waals surface area contributed by atoms with Crippen LogP contribution in [-0.2, 0) is 0 Å². The van der Waals surface area contributed by atoms with Crippen LogP contribution in [0.4, 0.5) is 0 Å². The van der Waals surface area contributed by atoms with Crippen molar-refractivity contribution in [3.8, 4) is 17.9 Å². The summed E-state index contributed by atoms with van der Waals surface area (Å²) in [7, 11) is 0. The van der Waals surface area contributed by atoms with Gasteiger partial charge in [0.15, 0.2) is 0 Å². The molecule has 0 saturated carbocycles. The first-order valence-electron chi connectivity index (χ1n) is 8.10. The SMILES string of the molecule is CCCCCC=Cc1ccc(C#Cc2ccc(C#N)cc2)cc1. The molecule has 0 aliphatic heterocycles. The van der Waals surface area contributed by atoms with Gasteiger partial charge in [0.05, 0.1) is 11.6 Å². The Morgan fingerprint density at radius 2 is 1.39 bits per heavy atom. The molecule has 1 heteroatoms. The first-order chi connectivity index (χ1) is 11.3. The second-order valence-corrected chi connectivity index (χ2v) is 5.46. The monoisotopic (exact) mass is 299 g/mol. The smallest absolute Gasteiger partial charge is 0.0991 e. The second-order valence-electron chi connectivity index (χ2n) is 5.46. The zero-order valence-corrected chi connectivity index (χ0v) is 13.5. The van der Waals surface area contributed by atoms with Crippen LogP contribution in [0, 0.1) is 23.2 Å². The molecular weight excluding hydrogens is 278 g/mol. The van der Waals surface area contributed by atoms with Crippen LogP contribution >= 0.6 is 0 Å². The predicted octanol–water partition coefficient (Wildman–Crippen LogP) is 5.55. The topological polar surface area (TPSA) is 23.8 Å². The highest BCUT2D eigenvalue weighted by Gasteiger charge is 1.91. The lowest BCUT2D eigenvalue weighted by molar-refractivity contribution is 0.730. The molecule has 0 atom stereocenters. The van der Waals surface area contributed by atoms with Crippen LogP contribution in [0.5, 0.6) is 0 Å². The van der Waals surface area contributed by atoms with Crippen LogP contribution in [0.3, 0.4) is 0 Å². The van der Waals surface area contributed by atoms with Crippen molar-refractivity contribution in [3.05, 3.63) is 76.9 Å². The molecule has 23 heavy (non-hydrogen) atoms. The van der Waals surface area contributed by atoms with Gasteiger partial charge in [0, 0.05) is 11.1 Å². The minimum Gasteiger partial charge on any atom is -0.192 e. The third kappa shape index (κ3) is 5.85. The molecule has 0 saturated heterocycles. The molecule has 0 amide bonds. The van der Waals surface area contributed by atoms with Gasteiger partial charge in [-0.3, -0.25) is 0 Å². The maximum absolute atomic E-state index is 8.77. The van der Waals surface area contributed by atoms with Crippen LogP contribution in [-0.4, -0.2) is 0 Å². The van der Waals surface area contributed by atoms with Crippen molar-refractivity contribution < 1.29 is 0 Å². The van der Waals surface area contributed by atoms with E-state index >= 15 is 0 Å². The van der Waals surface area contributed by atoms with E-state index in [0.717, 1.165) is 17.5 Å². The Labute approximate surface area is 139 Å². The summed E-state index contributed by atoms with van der Waals surface area (Å²) in [6.45, 7) is 2.22. The molecule has 0 aliphatic rings. The van der Waals surface area contributed by atoms with E-state index in [1.165, 1.54) is 24.8 Å². The lowest BCUT2D eigenvalue weighted by Gasteiger charge is -1.95. The summed E-state index contributed by atoms with van der Waals surface area (Å²) in [5.41, 5.74) is 3.79. The van der Waals surface area contributed by atoms with Gasteiger partial charge in [0.25, 0.3) is 0 Å². The van der Waals surface area contributed by atoms with E-state index in [4.69, 9.17) is 5.26 Å². The molecule has 0 unspecified atom stereocenters. The Morgan fingerprint density at radius 3 is 1.96 bits per heavy atom. The first-order valence-corrected chi connectivity index (χ1v) is 8.10. The number of unbranched alkanes of at least 4 members (excludes halogenated alkanes) is 3. The summed E-state index contributed by atoms with van der Waals surface area (Å²) < 4.78 is 0. The average Bonchev–Trinajstić information content (AvgIpc) is 2.61. The molecule has 114 valence electrons. The zero-order valence-electron chi connectivity index (χ0n) is 13.5. The summed E-state index contributed by atoms with van der Waals surface area (Å²) >= 11 is 0. The summed E-state index contributed by atoms with van der Waals surface area (Å²) in [6.07, 6.45) is 9.39. The van der Waals surface area contributed by atoms with Gasteiger partial charge < -0.3 is 0 Å². The van der Waals surface area contributed by atoms with Gasteiger partial charge in [-0.25, -0.2) is 0 Å². The number of nitrogens with zero attached hydrogens (tertiary/aromatic N) is 1. The molecule has 0 heterocycles. The molecule has 0 bridgehead atoms. The van der Waals surface area contributed by atoms with Gasteiger partial charge in [-0.1, -0.05) is 55.9 Å². The number of benzene rings is 2. The standard InChI is InChI=1S/C22H21N/c1-2-3-4-5-6-7-19-8-10-20(11-9-19)12-13-21-14-16-22(18-23)17-15-21/h6-11,14-17H,2-5H2,1H3. The van der Waals surface area contributed by atoms with Gasteiger partial charge in [0.2, 0.25) is 0 Å². The van der Waals surface area contributed by atoms with Crippen molar-refractivity contribution in [2.24, 2.45) is 0 Å². The third-order valence-corrected chi connectivity index (χ3v) is 3.56. The van der Waals surface area contributed by atoms with E-state index in [9.17, 15) is 0 Å². The van der Waals surface area contributed by atoms with Crippen LogP contribution in [0.25, 0.3) is 6.08 Å². The fourth-order valence-corrected chi connectivity index (χ4v) is 2.18. The highest BCUT2D eigenvalue weighted by Crippen LogP contribution is 2.08. The lowest BCUT2D eigenvalue weighted by Crippen LogP contribution is -1.79. The largest absolute Gasteiger partial charge is 0.192 e. The van der Waals surface area contributed by atoms with Crippen molar-refractivity contribution in [2.75, 3.05) is 0 Å². The lowest BCUT2D eigenvalue weighted by atomic mass is 10.1. The Morgan fingerprint density at radius 1 is 0.826 bits per heavy atom. The quantitative estimate of drug-likeness (QED) is 0.524. The Balaban J connectivity index is 1.95. The molecule has 0 aliphatic carbocycles. The van der Waals surface area contributed by atoms with Crippen LogP contribution in [0.1, 0.15) is 54.9 Å². The van der Waals surface area contributed by atoms with Crippen molar-refractivity contribution in [1.29, 1.82) is 5.26 Å². The molecule has 0 fully saturated rings. The fraction of sp³-hybridized carbons (Fsp3) is 0.227. The van der Waals surface area contributed by atoms with Crippen LogP contribution in [0.15, 0.2) is 54.6 Å². The van der Waals surface area contributed by atoms with E-state index < -0.39 is 0 Å². The second kappa shape index (κ2) is 9.29. The normalized spacial score (nSPS) is 10.1. The number of hydrogen-bond acceptors (Lipinski definition) is 1. The highest BCUT2D eigenvalue weighted by molar-refractivity contribution is 5.52. The molecular formula is C22H21N. The van der Waals surface area contributed by atoms with Gasteiger partial charge in [-0.05, 0) is 54.8 Å². The van der Waals surface area contributed by atoms with Gasteiger partial charge in [0.1, 0.15) is 0 Å². The number of allylic oxidation sites excluding steroid dienone is 1. The van der Waals surface area contributed by atoms with E-state index in [0.29, 0.717) is 5.56 Å². The highest BCUT2D eigenvalue weighted by atomic mass is 14.2. The molecule has 2 aromatic carbocycles. The van der Waals surface area contributed by atoms with Crippen LogP contribution in [0.2, 0.25) is 0 Å². The summed E-state index contributed by atoms with van der Waals surface area (Å²) in [5.74, 6) is 6.27. The first kappa shape index (κ1) is 16.6. The fourth-order valence-electron chi connectivity index (χ4n) is 2.18. The molecule has 0 N–H and O–H groups in total. The predicted molar refractivity (Wildman–Crippen MR) is 96.8 cm³/mol. The minimum absolute atomic E-state index is 0.658. The van der Waals surface area contributed by atoms with Crippen LogP contribution < -0.4 is 0 Å². The molecule has 2 rings (SSSR count). The number of rotatable bonds is 5. The van der Waals surface area contributed by atoms with Gasteiger partial charge in [-0.2, -0.15) is 5.26 Å². The maximum atomic E-state index is 8.77. The van der Waals surface area contributed by atoms with E-state index in [1.807, 2.05) is 24.3 Å². The zero-order chi connectivity index (χ0) is 16.3. The Bertz CT molecular complexity index is 732. The molecule has 0 aromatic heterocycles. The molecule has 0 radical (unpaired) electrons. The van der Waals surface area contributed by atoms with E-state index in [1.54, 1.807) is 12.1 Å². The average molecular weight is 299 g/mol. The molecule has 0 spiro atoms. The minimum atomic E-state index is 0.658. The Kier molecular flexibility index (Phi) is 6.70. The van der Waals surface area contributed by atoms with Crippen molar-refractivity contribution >= 4 is 6.08 Å². The summed E-state index contributed by atoms with van der Waals surface area (Å²) in [6, 6.07) is 17.7. The van der Waals surface area contributed by atoms with Crippen molar-refractivity contribution in [2.45, 2.75) is 32.6 Å². The van der Waals surface area contributed by atoms with Crippen molar-refractivity contribution in [3.63, 3.8) is 0 Å². The van der Waals surface area contributed by atoms with Gasteiger partial charge in [-0.15, -0.1) is 0 Å². The summed E-state index contributed by atoms with van der Waals surface area (Å²) in [5, 5.41) is 8.77. The Hall–Kier alpha value is -2.77. The number of nitriles is 1. The van der Waals surface area contributed by atoms with E-state index in [-0.39, 0.29) is 0 Å². The van der Waals surface area contributed by atoms with E-state index in [2.05, 4.69) is 49.1 Å². The molecule has 2 aromatic rings.